The van der Waals surface area contributed by atoms with Gasteiger partial charge in [0.15, 0.2) is 5.69 Å². The third-order valence-corrected chi connectivity index (χ3v) is 4.64. The average Bonchev–Trinajstić information content (AvgIpc) is 3.15. The second kappa shape index (κ2) is 11.0. The Morgan fingerprint density at radius 1 is 1.17 bits per heavy atom. The summed E-state index contributed by atoms with van der Waals surface area (Å²) in [6, 6.07) is 5.80. The zero-order valence-electron chi connectivity index (χ0n) is 16.5. The summed E-state index contributed by atoms with van der Waals surface area (Å²) in [5, 5.41) is 6.53. The van der Waals surface area contributed by atoms with Crippen LogP contribution in [0.1, 0.15) is 54.6 Å². The maximum absolute atomic E-state index is 13.6. The summed E-state index contributed by atoms with van der Waals surface area (Å²) >= 11 is 5.86. The number of aromatic nitrogens is 2. The lowest BCUT2D eigenvalue weighted by Gasteiger charge is -2.13. The summed E-state index contributed by atoms with van der Waals surface area (Å²) in [5.41, 5.74) is -1.58. The van der Waals surface area contributed by atoms with E-state index in [0.717, 1.165) is 31.9 Å². The third kappa shape index (κ3) is 6.76. The minimum absolute atomic E-state index is 0.112. The molecule has 0 aliphatic heterocycles. The van der Waals surface area contributed by atoms with Gasteiger partial charge in [-0.15, -0.1) is 0 Å². The maximum Gasteiger partial charge on any atom is 0.434 e. The highest BCUT2D eigenvalue weighted by Crippen LogP contribution is 2.34. The number of amides is 1. The molecule has 0 saturated carbocycles. The van der Waals surface area contributed by atoms with E-state index in [1.54, 1.807) is 0 Å². The van der Waals surface area contributed by atoms with Gasteiger partial charge >= 0.3 is 12.1 Å². The lowest BCUT2D eigenvalue weighted by Crippen LogP contribution is -2.27. The van der Waals surface area contributed by atoms with E-state index in [0.29, 0.717) is 17.5 Å². The number of rotatable bonds is 10. The summed E-state index contributed by atoms with van der Waals surface area (Å²) in [6.45, 7) is 0.246. The number of nitrogens with zero attached hydrogens (tertiary/aromatic N) is 2. The number of hydrogen-bond donors (Lipinski definition) is 1. The molecule has 0 bridgehead atoms. The number of unbranched alkanes of at least 4 members (excludes halogenated alkanes) is 4. The van der Waals surface area contributed by atoms with Crippen LogP contribution in [0, 0.1) is 0 Å². The highest BCUT2D eigenvalue weighted by Gasteiger charge is 2.40. The van der Waals surface area contributed by atoms with Gasteiger partial charge in [0.25, 0.3) is 5.91 Å². The van der Waals surface area contributed by atoms with Crippen molar-refractivity contribution >= 4 is 23.5 Å². The number of carbonyl (C=O) groups excluding carboxylic acids is 2. The molecule has 0 fully saturated rings. The fourth-order valence-electron chi connectivity index (χ4n) is 2.91. The van der Waals surface area contributed by atoms with Gasteiger partial charge in [-0.25, -0.2) is 4.68 Å². The van der Waals surface area contributed by atoms with E-state index in [-0.39, 0.29) is 23.2 Å². The van der Waals surface area contributed by atoms with Crippen molar-refractivity contribution in [2.75, 3.05) is 13.7 Å². The maximum atomic E-state index is 13.6. The van der Waals surface area contributed by atoms with Crippen LogP contribution in [0.25, 0.3) is 5.69 Å². The minimum atomic E-state index is -4.77. The fraction of sp³-hybridized carbons (Fsp3) is 0.450. The number of esters is 1. The van der Waals surface area contributed by atoms with Gasteiger partial charge in [-0.1, -0.05) is 36.9 Å². The van der Waals surface area contributed by atoms with Crippen LogP contribution >= 0.6 is 11.6 Å². The van der Waals surface area contributed by atoms with E-state index in [4.69, 9.17) is 11.6 Å². The number of hydrogen-bond acceptors (Lipinski definition) is 4. The molecule has 6 nitrogen and oxygen atoms in total. The van der Waals surface area contributed by atoms with Gasteiger partial charge in [-0.05, 0) is 31.0 Å². The second-order valence-corrected chi connectivity index (χ2v) is 7.08. The van der Waals surface area contributed by atoms with Crippen molar-refractivity contribution in [3.8, 4) is 5.69 Å². The first-order valence-electron chi connectivity index (χ1n) is 9.50. The topological polar surface area (TPSA) is 73.2 Å². The Kier molecular flexibility index (Phi) is 8.71. The Bertz CT molecular complexity index is 868. The molecule has 1 aromatic heterocycles. The number of nitrogens with one attached hydrogen (secondary N) is 1. The van der Waals surface area contributed by atoms with Crippen LogP contribution in [0.5, 0.6) is 0 Å². The molecule has 0 aliphatic rings. The van der Waals surface area contributed by atoms with Gasteiger partial charge in [0.05, 0.1) is 24.6 Å². The van der Waals surface area contributed by atoms with E-state index in [9.17, 15) is 22.8 Å². The molecular formula is C20H23ClF3N3O3. The zero-order valence-corrected chi connectivity index (χ0v) is 17.2. The molecule has 1 amide bonds. The first-order chi connectivity index (χ1) is 14.2. The molecule has 0 unspecified atom stereocenters. The number of ether oxygens (including phenoxy) is 1. The molecule has 164 valence electrons. The van der Waals surface area contributed by atoms with Crippen molar-refractivity contribution in [1.82, 2.24) is 15.1 Å². The molecule has 2 rings (SSSR count). The van der Waals surface area contributed by atoms with Crippen molar-refractivity contribution in [2.45, 2.75) is 44.7 Å². The normalized spacial score (nSPS) is 11.4. The number of alkyl halides is 3. The van der Waals surface area contributed by atoms with Crippen LogP contribution in [0.2, 0.25) is 5.02 Å². The van der Waals surface area contributed by atoms with Gasteiger partial charge in [0.2, 0.25) is 0 Å². The third-order valence-electron chi connectivity index (χ3n) is 4.41. The van der Waals surface area contributed by atoms with Crippen molar-refractivity contribution in [3.63, 3.8) is 0 Å². The molecule has 30 heavy (non-hydrogen) atoms. The Morgan fingerprint density at radius 2 is 1.87 bits per heavy atom. The van der Waals surface area contributed by atoms with E-state index in [2.05, 4.69) is 15.2 Å². The summed E-state index contributed by atoms with van der Waals surface area (Å²) < 4.78 is 46.1. The SMILES string of the molecule is COC(=O)CCCCCCCNC(=O)c1cnn(-c2cccc(Cl)c2)c1C(F)(F)F. The predicted molar refractivity (Wildman–Crippen MR) is 106 cm³/mol. The van der Waals surface area contributed by atoms with E-state index in [1.165, 1.54) is 31.4 Å². The summed E-state index contributed by atoms with van der Waals surface area (Å²) in [7, 11) is 1.34. The lowest BCUT2D eigenvalue weighted by molar-refractivity contribution is -0.143. The number of halogens is 4. The van der Waals surface area contributed by atoms with Crippen LogP contribution in [0.15, 0.2) is 30.5 Å². The summed E-state index contributed by atoms with van der Waals surface area (Å²) in [6.07, 6.45) is 0.321. The average molecular weight is 446 g/mol. The first-order valence-corrected chi connectivity index (χ1v) is 9.88. The largest absolute Gasteiger partial charge is 0.469 e. The standard InChI is InChI=1S/C20H23ClF3N3O3/c1-30-17(28)10-5-3-2-4-6-11-25-19(29)16-13-26-27(18(16)20(22,23)24)15-9-7-8-14(21)12-15/h7-9,12-13H,2-6,10-11H2,1H3,(H,25,29). The Balaban J connectivity index is 1.92. The van der Waals surface area contributed by atoms with Crippen molar-refractivity contribution in [1.29, 1.82) is 0 Å². The fourth-order valence-corrected chi connectivity index (χ4v) is 3.10. The molecule has 2 aromatic rings. The van der Waals surface area contributed by atoms with Crippen LogP contribution in [-0.2, 0) is 15.7 Å². The molecule has 0 saturated heterocycles. The predicted octanol–water partition coefficient (Wildman–Crippen LogP) is 4.79. The van der Waals surface area contributed by atoms with Gasteiger partial charge in [0.1, 0.15) is 0 Å². The quantitative estimate of drug-likeness (QED) is 0.421. The summed E-state index contributed by atoms with van der Waals surface area (Å²) in [5.74, 6) is -1.08. The van der Waals surface area contributed by atoms with E-state index in [1.807, 2.05) is 0 Å². The molecule has 10 heteroatoms. The molecule has 1 aromatic carbocycles. The van der Waals surface area contributed by atoms with Crippen LogP contribution in [0.3, 0.4) is 0 Å². The molecule has 0 spiro atoms. The molecule has 0 radical (unpaired) electrons. The van der Waals surface area contributed by atoms with E-state index >= 15 is 0 Å². The monoisotopic (exact) mass is 445 g/mol. The lowest BCUT2D eigenvalue weighted by atomic mass is 10.1. The highest BCUT2D eigenvalue weighted by molar-refractivity contribution is 6.30. The smallest absolute Gasteiger partial charge is 0.434 e. The van der Waals surface area contributed by atoms with Gasteiger partial charge in [-0.3, -0.25) is 9.59 Å². The minimum Gasteiger partial charge on any atom is -0.469 e. The summed E-state index contributed by atoms with van der Waals surface area (Å²) in [4.78, 5) is 23.3. The van der Waals surface area contributed by atoms with Crippen molar-refractivity contribution < 1.29 is 27.5 Å². The van der Waals surface area contributed by atoms with Crippen LogP contribution < -0.4 is 5.32 Å². The Labute approximate surface area is 177 Å². The first kappa shape index (κ1) is 23.7. The van der Waals surface area contributed by atoms with E-state index < -0.39 is 23.3 Å². The molecule has 1 N–H and O–H groups in total. The van der Waals surface area contributed by atoms with Crippen LogP contribution in [-0.4, -0.2) is 35.3 Å². The number of methoxy groups -OCH3 is 1. The Hall–Kier alpha value is -2.55. The van der Waals surface area contributed by atoms with Gasteiger partial charge in [-0.2, -0.15) is 18.3 Å². The molecule has 0 atom stereocenters. The second-order valence-electron chi connectivity index (χ2n) is 6.65. The van der Waals surface area contributed by atoms with Crippen molar-refractivity contribution in [3.05, 3.63) is 46.7 Å². The van der Waals surface area contributed by atoms with Crippen molar-refractivity contribution in [2.24, 2.45) is 0 Å². The van der Waals surface area contributed by atoms with Crippen LogP contribution in [0.4, 0.5) is 13.2 Å². The number of carbonyl (C=O) groups is 2. The number of benzene rings is 1. The van der Waals surface area contributed by atoms with Gasteiger partial charge in [0, 0.05) is 18.0 Å². The molecule has 0 aliphatic carbocycles. The zero-order chi connectivity index (χ0) is 22.1. The van der Waals surface area contributed by atoms with Gasteiger partial charge < -0.3 is 10.1 Å². The molecule has 1 heterocycles. The Morgan fingerprint density at radius 3 is 2.53 bits per heavy atom. The highest BCUT2D eigenvalue weighted by atomic mass is 35.5. The molecular weight excluding hydrogens is 423 g/mol.